The Bertz CT molecular complexity index is 785. The Morgan fingerprint density at radius 3 is 1.97 bits per heavy atom. The van der Waals surface area contributed by atoms with Gasteiger partial charge >= 0.3 is 0 Å². The van der Waals surface area contributed by atoms with Crippen molar-refractivity contribution in [1.29, 1.82) is 0 Å². The Balaban J connectivity index is 1.73. The standard InChI is InChI=1S/C27H44N2O2S2/c1-26(2,3)20-16-19(17-21(25(20)31)27(4,5)6)33-23-11-9-8-10-22(23)32-18-24(30)29-14-12-28(7)13-15-29/h16-17,22-23,31H,8-15,18H2,1-7H3. The molecule has 2 aliphatic rings. The summed E-state index contributed by atoms with van der Waals surface area (Å²) in [6, 6.07) is 4.42. The Labute approximate surface area is 210 Å². The van der Waals surface area contributed by atoms with Gasteiger partial charge in [0.25, 0.3) is 0 Å². The molecule has 2 fully saturated rings. The van der Waals surface area contributed by atoms with Gasteiger partial charge in [0.1, 0.15) is 5.75 Å². The lowest BCUT2D eigenvalue weighted by Gasteiger charge is -2.34. The van der Waals surface area contributed by atoms with E-state index in [4.69, 9.17) is 0 Å². The van der Waals surface area contributed by atoms with Crippen LogP contribution < -0.4 is 0 Å². The van der Waals surface area contributed by atoms with Crippen molar-refractivity contribution in [1.82, 2.24) is 9.80 Å². The molecule has 1 saturated heterocycles. The molecule has 3 rings (SSSR count). The number of rotatable bonds is 5. The maximum absolute atomic E-state index is 12.8. The Morgan fingerprint density at radius 1 is 0.939 bits per heavy atom. The number of benzene rings is 1. The van der Waals surface area contributed by atoms with E-state index >= 15 is 0 Å². The van der Waals surface area contributed by atoms with Crippen LogP contribution in [0.25, 0.3) is 0 Å². The maximum Gasteiger partial charge on any atom is 0.232 e. The van der Waals surface area contributed by atoms with Crippen LogP contribution in [0.2, 0.25) is 0 Å². The quantitative estimate of drug-likeness (QED) is 0.554. The lowest BCUT2D eigenvalue weighted by molar-refractivity contribution is -0.129. The van der Waals surface area contributed by atoms with Crippen LogP contribution in [-0.4, -0.2) is 70.3 Å². The van der Waals surface area contributed by atoms with Crippen LogP contribution in [0, 0.1) is 0 Å². The molecule has 0 bridgehead atoms. The molecular weight excluding hydrogens is 448 g/mol. The predicted molar refractivity (Wildman–Crippen MR) is 144 cm³/mol. The van der Waals surface area contributed by atoms with E-state index in [1.165, 1.54) is 30.6 Å². The van der Waals surface area contributed by atoms with Crippen molar-refractivity contribution < 1.29 is 9.90 Å². The van der Waals surface area contributed by atoms with E-state index in [9.17, 15) is 9.90 Å². The van der Waals surface area contributed by atoms with Gasteiger partial charge in [0.2, 0.25) is 5.91 Å². The number of thioether (sulfide) groups is 2. The summed E-state index contributed by atoms with van der Waals surface area (Å²) in [4.78, 5) is 18.4. The predicted octanol–water partition coefficient (Wildman–Crippen LogP) is 5.90. The number of nitrogens with zero attached hydrogens (tertiary/aromatic N) is 2. The smallest absolute Gasteiger partial charge is 0.232 e. The molecule has 1 N–H and O–H groups in total. The number of hydrogen-bond acceptors (Lipinski definition) is 5. The average Bonchev–Trinajstić information content (AvgIpc) is 2.73. The van der Waals surface area contributed by atoms with Crippen LogP contribution in [0.3, 0.4) is 0 Å². The minimum Gasteiger partial charge on any atom is -0.507 e. The highest BCUT2D eigenvalue weighted by molar-refractivity contribution is 8.04. The monoisotopic (exact) mass is 492 g/mol. The molecule has 33 heavy (non-hydrogen) atoms. The normalized spacial score (nSPS) is 23.1. The maximum atomic E-state index is 12.8. The molecular formula is C27H44N2O2S2. The SMILES string of the molecule is CN1CCN(C(=O)CSC2CCCCC2Sc2cc(C(C)(C)C)c(O)c(C(C)(C)C)c2)CC1. The summed E-state index contributed by atoms with van der Waals surface area (Å²) in [6.07, 6.45) is 4.90. The molecule has 0 spiro atoms. The van der Waals surface area contributed by atoms with Gasteiger partial charge in [-0.3, -0.25) is 4.79 Å². The van der Waals surface area contributed by atoms with E-state index in [1.54, 1.807) is 0 Å². The average molecular weight is 493 g/mol. The van der Waals surface area contributed by atoms with Crippen molar-refractivity contribution in [2.45, 2.75) is 93.5 Å². The van der Waals surface area contributed by atoms with Crippen molar-refractivity contribution in [2.24, 2.45) is 0 Å². The minimum atomic E-state index is -0.115. The summed E-state index contributed by atoms with van der Waals surface area (Å²) >= 11 is 3.84. The second-order valence-electron chi connectivity index (χ2n) is 11.8. The second-order valence-corrected chi connectivity index (χ2v) is 14.4. The van der Waals surface area contributed by atoms with Crippen molar-refractivity contribution in [2.75, 3.05) is 39.0 Å². The van der Waals surface area contributed by atoms with Crippen LogP contribution >= 0.6 is 23.5 Å². The molecule has 1 heterocycles. The highest BCUT2D eigenvalue weighted by atomic mass is 32.2. The molecule has 2 unspecified atom stereocenters. The first-order valence-electron chi connectivity index (χ1n) is 12.5. The third-order valence-electron chi connectivity index (χ3n) is 6.91. The van der Waals surface area contributed by atoms with Crippen molar-refractivity contribution >= 4 is 29.4 Å². The number of hydrogen-bond donors (Lipinski definition) is 1. The van der Waals surface area contributed by atoms with Gasteiger partial charge in [-0.05, 0) is 42.9 Å². The van der Waals surface area contributed by atoms with Gasteiger partial charge in [-0.25, -0.2) is 0 Å². The number of aromatic hydroxyl groups is 1. The van der Waals surface area contributed by atoms with Crippen molar-refractivity contribution in [3.63, 3.8) is 0 Å². The van der Waals surface area contributed by atoms with E-state index in [0.717, 1.165) is 37.3 Å². The number of amides is 1. The first kappa shape index (κ1) is 26.7. The molecule has 1 aromatic carbocycles. The highest BCUT2D eigenvalue weighted by Gasteiger charge is 2.31. The zero-order chi connectivity index (χ0) is 24.4. The van der Waals surface area contributed by atoms with Gasteiger partial charge in [0.05, 0.1) is 5.75 Å². The van der Waals surface area contributed by atoms with Crippen molar-refractivity contribution in [3.8, 4) is 5.75 Å². The number of likely N-dealkylation sites (N-methyl/N-ethyl adjacent to an activating group) is 1. The molecule has 6 heteroatoms. The molecule has 186 valence electrons. The van der Waals surface area contributed by atoms with Gasteiger partial charge < -0.3 is 14.9 Å². The van der Waals surface area contributed by atoms with Gasteiger partial charge in [-0.2, -0.15) is 0 Å². The molecule has 2 atom stereocenters. The van der Waals surface area contributed by atoms with E-state index < -0.39 is 0 Å². The van der Waals surface area contributed by atoms with Crippen LogP contribution in [0.4, 0.5) is 0 Å². The fourth-order valence-electron chi connectivity index (χ4n) is 4.71. The number of phenols is 1. The second kappa shape index (κ2) is 10.8. The van der Waals surface area contributed by atoms with Crippen LogP contribution in [0.1, 0.15) is 78.4 Å². The van der Waals surface area contributed by atoms with Crippen molar-refractivity contribution in [3.05, 3.63) is 23.3 Å². The van der Waals surface area contributed by atoms with E-state index in [1.807, 2.05) is 28.4 Å². The van der Waals surface area contributed by atoms with E-state index in [2.05, 4.69) is 65.6 Å². The van der Waals surface area contributed by atoms with Gasteiger partial charge in [0.15, 0.2) is 0 Å². The summed E-state index contributed by atoms with van der Waals surface area (Å²) in [6.45, 7) is 16.7. The number of carbonyl (C=O) groups is 1. The lowest BCUT2D eigenvalue weighted by Crippen LogP contribution is -2.48. The summed E-state index contributed by atoms with van der Waals surface area (Å²) in [7, 11) is 2.12. The molecule has 1 saturated carbocycles. The minimum absolute atomic E-state index is 0.115. The molecule has 1 aliphatic heterocycles. The number of phenolic OH excluding ortho intramolecular Hbond substituents is 1. The Hall–Kier alpha value is -0.850. The largest absolute Gasteiger partial charge is 0.507 e. The van der Waals surface area contributed by atoms with E-state index in [0.29, 0.717) is 27.9 Å². The van der Waals surface area contributed by atoms with Crippen LogP contribution in [-0.2, 0) is 15.6 Å². The first-order chi connectivity index (χ1) is 15.4. The summed E-state index contributed by atoms with van der Waals surface area (Å²) in [5.41, 5.74) is 1.83. The molecule has 1 aromatic rings. The molecule has 0 radical (unpaired) electrons. The Kier molecular flexibility index (Phi) is 8.77. The first-order valence-corrected chi connectivity index (χ1v) is 14.4. The van der Waals surface area contributed by atoms with E-state index in [-0.39, 0.29) is 10.8 Å². The van der Waals surface area contributed by atoms with Crippen LogP contribution in [0.5, 0.6) is 5.75 Å². The van der Waals surface area contributed by atoms with Crippen LogP contribution in [0.15, 0.2) is 17.0 Å². The summed E-state index contributed by atoms with van der Waals surface area (Å²) in [5.74, 6) is 1.35. The molecule has 1 amide bonds. The zero-order valence-electron chi connectivity index (χ0n) is 21.7. The fraction of sp³-hybridized carbons (Fsp3) is 0.741. The molecule has 0 aromatic heterocycles. The summed E-state index contributed by atoms with van der Waals surface area (Å²) < 4.78 is 0. The third-order valence-corrected chi connectivity index (χ3v) is 9.86. The molecule has 4 nitrogen and oxygen atoms in total. The highest BCUT2D eigenvalue weighted by Crippen LogP contribution is 2.45. The molecule has 1 aliphatic carbocycles. The van der Waals surface area contributed by atoms with Gasteiger partial charge in [0, 0.05) is 52.7 Å². The number of carbonyl (C=O) groups excluding carboxylic acids is 1. The summed E-state index contributed by atoms with van der Waals surface area (Å²) in [5, 5.41) is 12.1. The van der Waals surface area contributed by atoms with Gasteiger partial charge in [-0.1, -0.05) is 54.4 Å². The lowest BCUT2D eigenvalue weighted by atomic mass is 9.79. The topological polar surface area (TPSA) is 43.8 Å². The van der Waals surface area contributed by atoms with Gasteiger partial charge in [-0.15, -0.1) is 23.5 Å². The Morgan fingerprint density at radius 2 is 1.45 bits per heavy atom. The zero-order valence-corrected chi connectivity index (χ0v) is 23.4. The fourth-order valence-corrected chi connectivity index (χ4v) is 7.63. The number of piperazine rings is 1. The third kappa shape index (κ3) is 7.08.